The van der Waals surface area contributed by atoms with Crippen LogP contribution in [0.4, 0.5) is 0 Å². The van der Waals surface area contributed by atoms with E-state index in [-0.39, 0.29) is 5.88 Å². The first kappa shape index (κ1) is 19.7. The molecule has 0 rings (SSSR count). The SMILES string of the molecule is O=C(O)CCl.O=P(O)(O)O.[O]=[W](=[O])[OH]. The van der Waals surface area contributed by atoms with Gasteiger partial charge in [-0.25, -0.2) is 4.57 Å². The van der Waals surface area contributed by atoms with Gasteiger partial charge < -0.3 is 19.8 Å². The maximum absolute atomic E-state index is 9.24. The molecule has 0 bridgehead atoms. The van der Waals surface area contributed by atoms with Gasteiger partial charge in [-0.05, 0) is 0 Å². The first-order chi connectivity index (χ1) is 6.00. The number of alkyl halides is 1. The quantitative estimate of drug-likeness (QED) is 0.250. The predicted octanol–water partition coefficient (Wildman–Crippen LogP) is -1.42. The van der Waals surface area contributed by atoms with Crippen LogP contribution in [-0.4, -0.2) is 35.4 Å². The number of phosphoric acid groups is 1. The molecule has 0 aliphatic carbocycles. The van der Waals surface area contributed by atoms with Crippen LogP contribution in [0.3, 0.4) is 0 Å². The molecule has 0 aliphatic rings. The van der Waals surface area contributed by atoms with Gasteiger partial charge >= 0.3 is 42.0 Å². The summed E-state index contributed by atoms with van der Waals surface area (Å²) in [6.45, 7) is 0. The molecular formula is C2H7ClO9PW. The average molecular weight is 425 g/mol. The summed E-state index contributed by atoms with van der Waals surface area (Å²) in [6.07, 6.45) is 0. The molecule has 0 heterocycles. The summed E-state index contributed by atoms with van der Waals surface area (Å²) >= 11 is 0.709. The number of carboxylic acid groups (broad SMARTS) is 1. The van der Waals surface area contributed by atoms with Gasteiger partial charge in [0.2, 0.25) is 0 Å². The van der Waals surface area contributed by atoms with Crippen molar-refractivity contribution in [3.05, 3.63) is 0 Å². The Bertz CT molecular complexity index is 237. The zero-order chi connectivity index (χ0) is 12.4. The number of rotatable bonds is 1. The Morgan fingerprint density at radius 3 is 1.36 bits per heavy atom. The molecule has 14 heavy (non-hydrogen) atoms. The summed E-state index contributed by atoms with van der Waals surface area (Å²) in [5.41, 5.74) is 0. The van der Waals surface area contributed by atoms with Gasteiger partial charge in [-0.15, -0.1) is 11.6 Å². The molecule has 0 saturated heterocycles. The molecule has 12 heteroatoms. The minimum absolute atomic E-state index is 0.306. The topological polar surface area (TPSA) is 169 Å². The maximum atomic E-state index is 9.24. The fourth-order valence-corrected chi connectivity index (χ4v) is 0. The molecule has 0 amide bonds. The molecule has 0 aromatic rings. The van der Waals surface area contributed by atoms with E-state index in [1.54, 1.807) is 0 Å². The van der Waals surface area contributed by atoms with Gasteiger partial charge in [0.25, 0.3) is 0 Å². The van der Waals surface area contributed by atoms with Crippen LogP contribution in [0.25, 0.3) is 0 Å². The Hall–Kier alpha value is 0.118. The second-order valence-corrected chi connectivity index (χ2v) is 4.11. The third-order valence-corrected chi connectivity index (χ3v) is 0.343. The van der Waals surface area contributed by atoms with E-state index in [1.165, 1.54) is 0 Å². The second-order valence-electron chi connectivity index (χ2n) is 1.26. The molecule has 0 saturated carbocycles. The summed E-state index contributed by atoms with van der Waals surface area (Å²) in [5.74, 6) is -1.29. The first-order valence-corrected chi connectivity index (χ1v) is 8.15. The van der Waals surface area contributed by atoms with Crippen molar-refractivity contribution < 1.29 is 57.3 Å². The number of hydrogen-bond acceptors (Lipinski definition) is 4. The second kappa shape index (κ2) is 11.2. The molecule has 0 aromatic carbocycles. The zero-order valence-corrected chi connectivity index (χ0v) is 10.9. The third kappa shape index (κ3) is 334. The van der Waals surface area contributed by atoms with Gasteiger partial charge in [0.15, 0.2) is 0 Å². The van der Waals surface area contributed by atoms with Crippen LogP contribution in [0.5, 0.6) is 0 Å². The van der Waals surface area contributed by atoms with Crippen molar-refractivity contribution in [3.8, 4) is 0 Å². The molecule has 87 valence electrons. The average Bonchev–Trinajstić information content (AvgIpc) is 1.82. The summed E-state index contributed by atoms with van der Waals surface area (Å²) in [4.78, 5) is 30.8. The number of carboxylic acids is 1. The van der Waals surface area contributed by atoms with Gasteiger partial charge in [0.1, 0.15) is 5.88 Å². The molecule has 0 aliphatic heterocycles. The summed E-state index contributed by atoms with van der Waals surface area (Å²) in [5, 5.41) is 7.59. The fraction of sp³-hybridized carbons (Fsp3) is 0.500. The van der Waals surface area contributed by atoms with Crippen LogP contribution in [0.2, 0.25) is 0 Å². The van der Waals surface area contributed by atoms with Crippen molar-refractivity contribution in [1.82, 2.24) is 0 Å². The normalized spacial score (nSPS) is 8.64. The number of halogens is 1. The van der Waals surface area contributed by atoms with Crippen LogP contribution in [-0.2, 0) is 33.8 Å². The van der Waals surface area contributed by atoms with Crippen LogP contribution < -0.4 is 0 Å². The molecule has 5 N–H and O–H groups in total. The molecule has 0 fully saturated rings. The molecule has 0 spiro atoms. The van der Waals surface area contributed by atoms with E-state index in [2.05, 4.69) is 0 Å². The van der Waals surface area contributed by atoms with Gasteiger partial charge in [-0.2, -0.15) is 0 Å². The third-order valence-electron chi connectivity index (χ3n) is 0.114. The Kier molecular flexibility index (Phi) is 15.7. The number of carbonyl (C=O) groups is 1. The van der Waals surface area contributed by atoms with Gasteiger partial charge in [0, 0.05) is 0 Å². The number of aliphatic carboxylic acids is 1. The molecule has 0 atom stereocenters. The molecular weight excluding hydrogens is 418 g/mol. The van der Waals surface area contributed by atoms with E-state index in [0.717, 1.165) is 0 Å². The Labute approximate surface area is 88.8 Å². The Balaban J connectivity index is -0.000000131. The van der Waals surface area contributed by atoms with E-state index in [1.807, 2.05) is 0 Å². The first-order valence-electron chi connectivity index (χ1n) is 2.35. The van der Waals surface area contributed by atoms with Gasteiger partial charge in [0.05, 0.1) is 0 Å². The van der Waals surface area contributed by atoms with Crippen molar-refractivity contribution in [2.24, 2.45) is 0 Å². The van der Waals surface area contributed by atoms with E-state index < -0.39 is 31.4 Å². The van der Waals surface area contributed by atoms with E-state index >= 15 is 0 Å². The van der Waals surface area contributed by atoms with Crippen molar-refractivity contribution in [2.75, 3.05) is 5.88 Å². The standard InChI is InChI=1S/C2H3ClO2.H3O4P.H2O.2O.W/c3-1-2(4)5;1-5(2,3)4;;;;/h1H2,(H,4,5);(H3,1,2,3,4);1H2;;;/q;;;;;+1/p-1. The monoisotopic (exact) mass is 425 g/mol. The number of hydrogen-bond donors (Lipinski definition) is 5. The Morgan fingerprint density at radius 2 is 1.36 bits per heavy atom. The van der Waals surface area contributed by atoms with Crippen molar-refractivity contribution in [2.45, 2.75) is 0 Å². The minimum atomic E-state index is -4.64. The summed E-state index contributed by atoms with van der Waals surface area (Å²) in [6, 6.07) is 0. The van der Waals surface area contributed by atoms with Gasteiger partial charge in [-0.1, -0.05) is 0 Å². The van der Waals surface area contributed by atoms with Crippen LogP contribution in [0.15, 0.2) is 0 Å². The Morgan fingerprint density at radius 1 is 1.29 bits per heavy atom. The summed E-state index contributed by atoms with van der Waals surface area (Å²) < 4.78 is 33.5. The zero-order valence-electron chi connectivity index (χ0n) is 6.31. The predicted molar refractivity (Wildman–Crippen MR) is 36.2 cm³/mol. The molecule has 9 nitrogen and oxygen atoms in total. The molecule has 0 unspecified atom stereocenters. The van der Waals surface area contributed by atoms with Crippen LogP contribution >= 0.6 is 19.4 Å². The molecule has 0 aromatic heterocycles. The molecule has 0 radical (unpaired) electrons. The van der Waals surface area contributed by atoms with E-state index in [4.69, 9.17) is 46.5 Å². The van der Waals surface area contributed by atoms with Crippen LogP contribution in [0, 0.1) is 0 Å². The van der Waals surface area contributed by atoms with Crippen molar-refractivity contribution >= 4 is 25.4 Å². The van der Waals surface area contributed by atoms with Crippen LogP contribution in [0.1, 0.15) is 0 Å². The summed E-state index contributed by atoms with van der Waals surface area (Å²) in [7, 11) is -4.64. The van der Waals surface area contributed by atoms with Crippen molar-refractivity contribution in [1.29, 1.82) is 0 Å². The van der Waals surface area contributed by atoms with E-state index in [0.29, 0.717) is 0 Å². The van der Waals surface area contributed by atoms with E-state index in [9.17, 15) is 4.79 Å². The fourth-order valence-electron chi connectivity index (χ4n) is 0. The van der Waals surface area contributed by atoms with Crippen molar-refractivity contribution in [3.63, 3.8) is 0 Å². The van der Waals surface area contributed by atoms with Gasteiger partial charge in [-0.3, -0.25) is 4.79 Å².